The predicted octanol–water partition coefficient (Wildman–Crippen LogP) is 1.75. The molecule has 0 aromatic heterocycles. The van der Waals surface area contributed by atoms with Gasteiger partial charge >= 0.3 is 12.1 Å². The van der Waals surface area contributed by atoms with Crippen molar-refractivity contribution < 1.29 is 28.2 Å². The van der Waals surface area contributed by atoms with Crippen molar-refractivity contribution in [3.8, 4) is 0 Å². The van der Waals surface area contributed by atoms with E-state index in [9.17, 15) is 14.4 Å². The largest absolute Gasteiger partial charge is 0.469 e. The van der Waals surface area contributed by atoms with Gasteiger partial charge in [-0.25, -0.2) is 9.18 Å². The van der Waals surface area contributed by atoms with Crippen LogP contribution in [0.4, 0.5) is 9.18 Å². The predicted molar refractivity (Wildman–Crippen MR) is 87.6 cm³/mol. The van der Waals surface area contributed by atoms with Gasteiger partial charge in [0, 0.05) is 38.9 Å². The molecule has 142 valence electrons. The number of halogens is 1. The maximum atomic E-state index is 15.1. The van der Waals surface area contributed by atoms with Crippen LogP contribution in [-0.4, -0.2) is 72.3 Å². The van der Waals surface area contributed by atoms with Gasteiger partial charge in [0.1, 0.15) is 11.3 Å². The van der Waals surface area contributed by atoms with Crippen molar-refractivity contribution >= 4 is 18.0 Å². The molecule has 25 heavy (non-hydrogen) atoms. The molecule has 2 fully saturated rings. The molecule has 0 spiro atoms. The summed E-state index contributed by atoms with van der Waals surface area (Å²) in [7, 11) is 1.28. The van der Waals surface area contributed by atoms with E-state index in [2.05, 4.69) is 4.74 Å². The molecule has 2 saturated heterocycles. The van der Waals surface area contributed by atoms with Crippen LogP contribution in [0.3, 0.4) is 0 Å². The number of alkyl halides is 1. The summed E-state index contributed by atoms with van der Waals surface area (Å²) < 4.78 is 25.0. The average Bonchev–Trinajstić information content (AvgIpc) is 2.86. The van der Waals surface area contributed by atoms with E-state index in [0.717, 1.165) is 0 Å². The fourth-order valence-corrected chi connectivity index (χ4v) is 3.17. The molecule has 1 atom stereocenters. The molecule has 0 aromatic carbocycles. The molecule has 7 nitrogen and oxygen atoms in total. The fraction of sp³-hybridized carbons (Fsp3) is 0.824. The van der Waals surface area contributed by atoms with Crippen LogP contribution in [0.1, 0.15) is 40.0 Å². The van der Waals surface area contributed by atoms with Gasteiger partial charge in [-0.2, -0.15) is 0 Å². The average molecular weight is 358 g/mol. The molecule has 1 unspecified atom stereocenters. The molecule has 0 saturated carbocycles. The van der Waals surface area contributed by atoms with Crippen LogP contribution < -0.4 is 0 Å². The zero-order valence-corrected chi connectivity index (χ0v) is 15.3. The normalized spacial score (nSPS) is 23.6. The lowest BCUT2D eigenvalue weighted by Crippen LogP contribution is -2.51. The number of piperidine rings is 1. The maximum Gasteiger partial charge on any atom is 0.410 e. The van der Waals surface area contributed by atoms with Crippen LogP contribution in [0.5, 0.6) is 0 Å². The van der Waals surface area contributed by atoms with Crippen LogP contribution in [0.25, 0.3) is 0 Å². The standard InChI is InChI=1S/C17H27FN2O5/c1-16(2,3)25-15(23)19-7-5-17(18,6-8-19)11-20-10-12(9-13(20)21)14(22)24-4/h12H,5-11H2,1-4H3. The first kappa shape index (κ1) is 19.5. The fourth-order valence-electron chi connectivity index (χ4n) is 3.17. The lowest BCUT2D eigenvalue weighted by atomic mass is 9.93. The molecule has 2 aliphatic heterocycles. The number of methoxy groups -OCH3 is 1. The first-order valence-electron chi connectivity index (χ1n) is 8.55. The van der Waals surface area contributed by atoms with Gasteiger partial charge in [-0.1, -0.05) is 0 Å². The zero-order valence-electron chi connectivity index (χ0n) is 15.3. The third-order valence-corrected chi connectivity index (χ3v) is 4.53. The highest BCUT2D eigenvalue weighted by Gasteiger charge is 2.43. The Morgan fingerprint density at radius 3 is 2.40 bits per heavy atom. The molecule has 2 amide bonds. The Bertz CT molecular complexity index is 538. The summed E-state index contributed by atoms with van der Waals surface area (Å²) in [6, 6.07) is 0. The minimum Gasteiger partial charge on any atom is -0.469 e. The molecule has 0 aliphatic carbocycles. The Kier molecular flexibility index (Phi) is 5.58. The first-order valence-corrected chi connectivity index (χ1v) is 8.55. The van der Waals surface area contributed by atoms with Crippen LogP contribution in [-0.2, 0) is 19.1 Å². The number of esters is 1. The van der Waals surface area contributed by atoms with Crippen molar-refractivity contribution in [1.29, 1.82) is 0 Å². The Hall–Kier alpha value is -1.86. The summed E-state index contributed by atoms with van der Waals surface area (Å²) in [6.45, 7) is 5.97. The van der Waals surface area contributed by atoms with E-state index in [-0.39, 0.29) is 51.3 Å². The van der Waals surface area contributed by atoms with E-state index in [4.69, 9.17) is 4.74 Å². The Morgan fingerprint density at radius 1 is 1.28 bits per heavy atom. The van der Waals surface area contributed by atoms with E-state index in [1.54, 1.807) is 20.8 Å². The molecule has 0 aromatic rings. The Balaban J connectivity index is 1.87. The number of carbonyl (C=O) groups excluding carboxylic acids is 3. The minimum absolute atomic E-state index is 0.0541. The zero-order chi connectivity index (χ0) is 18.8. The number of rotatable bonds is 3. The second-order valence-electron chi connectivity index (χ2n) is 7.82. The highest BCUT2D eigenvalue weighted by molar-refractivity contribution is 5.86. The van der Waals surface area contributed by atoms with E-state index in [1.165, 1.54) is 16.9 Å². The molecule has 0 radical (unpaired) electrons. The van der Waals surface area contributed by atoms with Crippen LogP contribution in [0.2, 0.25) is 0 Å². The number of hydrogen-bond donors (Lipinski definition) is 0. The Morgan fingerprint density at radius 2 is 1.88 bits per heavy atom. The van der Waals surface area contributed by atoms with Gasteiger partial charge in [-0.15, -0.1) is 0 Å². The summed E-state index contributed by atoms with van der Waals surface area (Å²) in [5.41, 5.74) is -2.15. The SMILES string of the molecule is COC(=O)C1CC(=O)N(CC2(F)CCN(C(=O)OC(C)(C)C)CC2)C1. The molecule has 0 N–H and O–H groups in total. The highest BCUT2D eigenvalue weighted by Crippen LogP contribution is 2.31. The van der Waals surface area contributed by atoms with Crippen LogP contribution in [0, 0.1) is 5.92 Å². The summed E-state index contributed by atoms with van der Waals surface area (Å²) in [6.07, 6.45) is -0.109. The quantitative estimate of drug-likeness (QED) is 0.719. The van der Waals surface area contributed by atoms with Gasteiger partial charge in [0.15, 0.2) is 0 Å². The number of carbonyl (C=O) groups is 3. The summed E-state index contributed by atoms with van der Waals surface area (Å²) in [5.74, 6) is -1.20. The smallest absolute Gasteiger partial charge is 0.410 e. The summed E-state index contributed by atoms with van der Waals surface area (Å²) in [5, 5.41) is 0. The first-order chi connectivity index (χ1) is 11.5. The number of likely N-dealkylation sites (tertiary alicyclic amines) is 2. The number of ether oxygens (including phenoxy) is 2. The van der Waals surface area contributed by atoms with Gasteiger partial charge < -0.3 is 19.3 Å². The summed E-state index contributed by atoms with van der Waals surface area (Å²) >= 11 is 0. The van der Waals surface area contributed by atoms with Crippen molar-refractivity contribution in [2.75, 3.05) is 33.3 Å². The van der Waals surface area contributed by atoms with E-state index in [0.29, 0.717) is 0 Å². The second-order valence-corrected chi connectivity index (χ2v) is 7.82. The van der Waals surface area contributed by atoms with Crippen molar-refractivity contribution in [3.63, 3.8) is 0 Å². The monoisotopic (exact) mass is 358 g/mol. The van der Waals surface area contributed by atoms with Gasteiger partial charge in [0.2, 0.25) is 5.91 Å². The number of nitrogens with zero attached hydrogens (tertiary/aromatic N) is 2. The second kappa shape index (κ2) is 7.17. The van der Waals surface area contributed by atoms with Crippen LogP contribution >= 0.6 is 0 Å². The molecule has 8 heteroatoms. The topological polar surface area (TPSA) is 76.2 Å². The molecule has 2 aliphatic rings. The number of hydrogen-bond acceptors (Lipinski definition) is 5. The molecule has 2 rings (SSSR count). The highest BCUT2D eigenvalue weighted by atomic mass is 19.1. The van der Waals surface area contributed by atoms with Gasteiger partial charge in [0.25, 0.3) is 0 Å². The van der Waals surface area contributed by atoms with Gasteiger partial charge in [-0.3, -0.25) is 9.59 Å². The van der Waals surface area contributed by atoms with Crippen molar-refractivity contribution in [2.45, 2.75) is 51.3 Å². The van der Waals surface area contributed by atoms with Crippen molar-refractivity contribution in [1.82, 2.24) is 9.80 Å². The molecule has 0 bridgehead atoms. The number of amides is 2. The molecular weight excluding hydrogens is 331 g/mol. The van der Waals surface area contributed by atoms with Crippen molar-refractivity contribution in [2.24, 2.45) is 5.92 Å². The minimum atomic E-state index is -1.56. The van der Waals surface area contributed by atoms with E-state index < -0.39 is 29.3 Å². The Labute approximate surface area is 147 Å². The molecular formula is C17H27FN2O5. The third kappa shape index (κ3) is 5.06. The summed E-state index contributed by atoms with van der Waals surface area (Å²) in [4.78, 5) is 38.5. The maximum absolute atomic E-state index is 15.1. The lowest BCUT2D eigenvalue weighted by molar-refractivity contribution is -0.145. The van der Waals surface area contributed by atoms with Gasteiger partial charge in [0.05, 0.1) is 19.6 Å². The van der Waals surface area contributed by atoms with Crippen LogP contribution in [0.15, 0.2) is 0 Å². The van der Waals surface area contributed by atoms with Crippen molar-refractivity contribution in [3.05, 3.63) is 0 Å². The molecule has 2 heterocycles. The lowest BCUT2D eigenvalue weighted by Gasteiger charge is -2.38. The van der Waals surface area contributed by atoms with E-state index >= 15 is 4.39 Å². The van der Waals surface area contributed by atoms with Gasteiger partial charge in [-0.05, 0) is 20.8 Å². The van der Waals surface area contributed by atoms with E-state index in [1.807, 2.05) is 0 Å². The third-order valence-electron chi connectivity index (χ3n) is 4.53.